The number of Topliss-reactive ketones (excluding diaryl/α,β-unsaturated/α-hetero) is 1. The molecule has 32 heavy (non-hydrogen) atoms. The number of aliphatic hydroxyl groups is 1. The molecule has 1 aliphatic heterocycles. The van der Waals surface area contributed by atoms with Crippen LogP contribution in [0.25, 0.3) is 5.76 Å². The molecule has 0 spiro atoms. The van der Waals surface area contributed by atoms with Gasteiger partial charge in [-0.05, 0) is 70.0 Å². The minimum absolute atomic E-state index is 0.112. The summed E-state index contributed by atoms with van der Waals surface area (Å²) in [6.07, 6.45) is 0. The van der Waals surface area contributed by atoms with E-state index in [-0.39, 0.29) is 17.0 Å². The van der Waals surface area contributed by atoms with Gasteiger partial charge in [0, 0.05) is 16.3 Å². The van der Waals surface area contributed by atoms with Crippen LogP contribution in [0.1, 0.15) is 17.2 Å². The van der Waals surface area contributed by atoms with Gasteiger partial charge < -0.3 is 9.84 Å². The maximum absolute atomic E-state index is 13.9. The van der Waals surface area contributed by atoms with E-state index in [1.807, 2.05) is 0 Å². The van der Waals surface area contributed by atoms with Crippen LogP contribution in [0.2, 0.25) is 5.02 Å². The molecule has 5 nitrogen and oxygen atoms in total. The lowest BCUT2D eigenvalue weighted by molar-refractivity contribution is -0.132. The summed E-state index contributed by atoms with van der Waals surface area (Å²) < 4.78 is 19.7. The monoisotopic (exact) mass is 515 g/mol. The van der Waals surface area contributed by atoms with Gasteiger partial charge in [-0.25, -0.2) is 4.39 Å². The van der Waals surface area contributed by atoms with Gasteiger partial charge in [-0.3, -0.25) is 14.5 Å². The molecule has 3 aromatic rings. The molecule has 0 saturated carbocycles. The standard InChI is InChI=1S/C24H16BrClFNO4/c1-32-19-10-7-14(11-18(19)25)22(29)20-21(13-5-8-15(26)9-6-13)28(24(31)23(20)30)17-4-2-3-16(27)12-17/h2-12,21,29H,1H3/b22-20+. The summed E-state index contributed by atoms with van der Waals surface area (Å²) in [7, 11) is 1.50. The Kier molecular flexibility index (Phi) is 6.04. The summed E-state index contributed by atoms with van der Waals surface area (Å²) in [6.45, 7) is 0. The van der Waals surface area contributed by atoms with Gasteiger partial charge in [-0.1, -0.05) is 29.8 Å². The van der Waals surface area contributed by atoms with Crippen LogP contribution >= 0.6 is 27.5 Å². The number of nitrogens with zero attached hydrogens (tertiary/aromatic N) is 1. The molecule has 1 amide bonds. The van der Waals surface area contributed by atoms with Crippen LogP contribution in [-0.2, 0) is 9.59 Å². The molecule has 0 aromatic heterocycles. The molecule has 0 bridgehead atoms. The lowest BCUT2D eigenvalue weighted by atomic mass is 9.95. The summed E-state index contributed by atoms with van der Waals surface area (Å²) in [5.41, 5.74) is 0.932. The number of halogens is 3. The average Bonchev–Trinajstić information content (AvgIpc) is 3.04. The summed E-state index contributed by atoms with van der Waals surface area (Å²) in [5, 5.41) is 11.6. The first-order chi connectivity index (χ1) is 15.3. The number of methoxy groups -OCH3 is 1. The second kappa shape index (κ2) is 8.76. The number of aliphatic hydroxyl groups excluding tert-OH is 1. The van der Waals surface area contributed by atoms with Gasteiger partial charge in [-0.15, -0.1) is 0 Å². The van der Waals surface area contributed by atoms with Crippen molar-refractivity contribution in [2.45, 2.75) is 6.04 Å². The molecule has 1 atom stereocenters. The van der Waals surface area contributed by atoms with E-state index in [0.717, 1.165) is 6.07 Å². The Bertz CT molecular complexity index is 1260. The predicted molar refractivity (Wildman–Crippen MR) is 123 cm³/mol. The van der Waals surface area contributed by atoms with E-state index in [1.165, 1.54) is 30.2 Å². The maximum Gasteiger partial charge on any atom is 0.300 e. The van der Waals surface area contributed by atoms with Crippen molar-refractivity contribution in [2.75, 3.05) is 12.0 Å². The third-order valence-electron chi connectivity index (χ3n) is 5.14. The first kappa shape index (κ1) is 22.0. The molecule has 1 aliphatic rings. The quantitative estimate of drug-likeness (QED) is 0.267. The topological polar surface area (TPSA) is 66.8 Å². The molecular formula is C24H16BrClFNO4. The van der Waals surface area contributed by atoms with Gasteiger partial charge in [0.15, 0.2) is 0 Å². The number of carbonyl (C=O) groups excluding carboxylic acids is 2. The van der Waals surface area contributed by atoms with Crippen molar-refractivity contribution in [3.63, 3.8) is 0 Å². The van der Waals surface area contributed by atoms with Gasteiger partial charge >= 0.3 is 0 Å². The number of hydrogen-bond donors (Lipinski definition) is 1. The molecule has 0 aliphatic carbocycles. The summed E-state index contributed by atoms with van der Waals surface area (Å²) in [5.74, 6) is -2.12. The first-order valence-corrected chi connectivity index (χ1v) is 10.6. The molecule has 1 fully saturated rings. The van der Waals surface area contributed by atoms with Gasteiger partial charge in [0.25, 0.3) is 11.7 Å². The van der Waals surface area contributed by atoms with Gasteiger partial charge in [0.1, 0.15) is 17.3 Å². The van der Waals surface area contributed by atoms with Crippen LogP contribution in [0, 0.1) is 5.82 Å². The van der Waals surface area contributed by atoms with Crippen LogP contribution in [0.15, 0.2) is 76.8 Å². The lowest BCUT2D eigenvalue weighted by Gasteiger charge is -2.25. The van der Waals surface area contributed by atoms with Crippen LogP contribution in [0.5, 0.6) is 5.75 Å². The molecule has 162 valence electrons. The molecule has 1 unspecified atom stereocenters. The first-order valence-electron chi connectivity index (χ1n) is 9.47. The van der Waals surface area contributed by atoms with Crippen molar-refractivity contribution in [3.8, 4) is 5.75 Å². The number of carbonyl (C=O) groups is 2. The van der Waals surface area contributed by atoms with Crippen molar-refractivity contribution < 1.29 is 23.8 Å². The average molecular weight is 517 g/mol. The van der Waals surface area contributed by atoms with Crippen molar-refractivity contribution in [3.05, 3.63) is 98.7 Å². The van der Waals surface area contributed by atoms with Crippen molar-refractivity contribution in [1.82, 2.24) is 0 Å². The van der Waals surface area contributed by atoms with E-state index < -0.39 is 23.5 Å². The van der Waals surface area contributed by atoms with E-state index in [1.54, 1.807) is 42.5 Å². The van der Waals surface area contributed by atoms with E-state index >= 15 is 0 Å². The smallest absolute Gasteiger partial charge is 0.300 e. The Morgan fingerprint density at radius 3 is 2.44 bits per heavy atom. The summed E-state index contributed by atoms with van der Waals surface area (Å²) in [6, 6.07) is 15.7. The number of anilines is 1. The minimum atomic E-state index is -0.977. The SMILES string of the molecule is COc1ccc(/C(O)=C2\C(=O)C(=O)N(c3cccc(F)c3)C2c2ccc(Cl)cc2)cc1Br. The normalized spacial score (nSPS) is 17.6. The zero-order valence-corrected chi connectivity index (χ0v) is 19.0. The number of rotatable bonds is 4. The predicted octanol–water partition coefficient (Wildman–Crippen LogP) is 5.88. The summed E-state index contributed by atoms with van der Waals surface area (Å²) >= 11 is 9.37. The number of ketones is 1. The van der Waals surface area contributed by atoms with E-state index in [9.17, 15) is 19.1 Å². The second-order valence-electron chi connectivity index (χ2n) is 7.05. The Morgan fingerprint density at radius 1 is 1.09 bits per heavy atom. The fraction of sp³-hybridized carbons (Fsp3) is 0.0833. The highest BCUT2D eigenvalue weighted by Crippen LogP contribution is 2.43. The zero-order valence-electron chi connectivity index (χ0n) is 16.7. The zero-order chi connectivity index (χ0) is 23.0. The third-order valence-corrected chi connectivity index (χ3v) is 6.01. The van der Waals surface area contributed by atoms with Crippen LogP contribution in [0.3, 0.4) is 0 Å². The molecule has 8 heteroatoms. The van der Waals surface area contributed by atoms with Crippen molar-refractivity contribution >= 4 is 50.7 Å². The molecular weight excluding hydrogens is 501 g/mol. The fourth-order valence-electron chi connectivity index (χ4n) is 3.65. The van der Waals surface area contributed by atoms with E-state index in [0.29, 0.717) is 26.4 Å². The summed E-state index contributed by atoms with van der Waals surface area (Å²) in [4.78, 5) is 27.3. The van der Waals surface area contributed by atoms with E-state index in [4.69, 9.17) is 16.3 Å². The highest BCUT2D eigenvalue weighted by Gasteiger charge is 2.47. The molecule has 1 saturated heterocycles. The Balaban J connectivity index is 1.94. The highest BCUT2D eigenvalue weighted by molar-refractivity contribution is 9.10. The Hall–Kier alpha value is -3.16. The van der Waals surface area contributed by atoms with Crippen LogP contribution < -0.4 is 9.64 Å². The molecule has 1 heterocycles. The van der Waals surface area contributed by atoms with Crippen molar-refractivity contribution in [2.24, 2.45) is 0 Å². The molecule has 1 N–H and O–H groups in total. The third kappa shape index (κ3) is 3.89. The highest BCUT2D eigenvalue weighted by atomic mass is 79.9. The maximum atomic E-state index is 13.9. The van der Waals surface area contributed by atoms with E-state index in [2.05, 4.69) is 15.9 Å². The van der Waals surface area contributed by atoms with Gasteiger partial charge in [-0.2, -0.15) is 0 Å². The number of amides is 1. The number of hydrogen-bond acceptors (Lipinski definition) is 4. The fourth-order valence-corrected chi connectivity index (χ4v) is 4.32. The Labute approximate surface area is 196 Å². The van der Waals surface area contributed by atoms with Gasteiger partial charge in [0.05, 0.1) is 23.2 Å². The van der Waals surface area contributed by atoms with Crippen LogP contribution in [0.4, 0.5) is 10.1 Å². The number of benzene rings is 3. The molecule has 3 aromatic carbocycles. The second-order valence-corrected chi connectivity index (χ2v) is 8.34. The largest absolute Gasteiger partial charge is 0.507 e. The Morgan fingerprint density at radius 2 is 1.81 bits per heavy atom. The van der Waals surface area contributed by atoms with Crippen molar-refractivity contribution in [1.29, 1.82) is 0 Å². The van der Waals surface area contributed by atoms with Crippen LogP contribution in [-0.4, -0.2) is 23.9 Å². The number of ether oxygens (including phenoxy) is 1. The van der Waals surface area contributed by atoms with Gasteiger partial charge in [0.2, 0.25) is 0 Å². The minimum Gasteiger partial charge on any atom is -0.507 e. The molecule has 4 rings (SSSR count). The molecule has 0 radical (unpaired) electrons. The lowest BCUT2D eigenvalue weighted by Crippen LogP contribution is -2.29.